The van der Waals surface area contributed by atoms with Crippen molar-refractivity contribution in [3.05, 3.63) is 77.1 Å². The minimum absolute atomic E-state index is 0.153. The Morgan fingerprint density at radius 2 is 1.59 bits per heavy atom. The standard InChI is InChI=1S/C23H26FN2O5P/c1-16(2)30-32(29,31-17(3)4)26(15-18-10-6-5-7-11-18)22(20(14-25)23(27)28)19-12-8-9-13-21(19)24/h5-13,16-17H,15H2,1-4H3,(H,27,28). The van der Waals surface area contributed by atoms with E-state index in [0.717, 1.165) is 10.7 Å². The molecule has 32 heavy (non-hydrogen) atoms. The lowest BCUT2D eigenvalue weighted by Crippen LogP contribution is -2.27. The number of rotatable bonds is 10. The van der Waals surface area contributed by atoms with Crippen molar-refractivity contribution in [3.8, 4) is 6.07 Å². The Morgan fingerprint density at radius 1 is 1.06 bits per heavy atom. The maximum absolute atomic E-state index is 14.9. The van der Waals surface area contributed by atoms with Gasteiger partial charge in [0.1, 0.15) is 11.9 Å². The molecule has 2 rings (SSSR count). The average Bonchev–Trinajstić information content (AvgIpc) is 2.70. The Bertz CT molecular complexity index is 1050. The molecule has 0 bridgehead atoms. The van der Waals surface area contributed by atoms with E-state index >= 15 is 0 Å². The number of nitriles is 1. The zero-order valence-corrected chi connectivity index (χ0v) is 19.3. The Hall–Kier alpha value is -2.98. The molecule has 170 valence electrons. The number of halogens is 1. The van der Waals surface area contributed by atoms with E-state index in [4.69, 9.17) is 9.05 Å². The lowest BCUT2D eigenvalue weighted by atomic mass is 10.1. The van der Waals surface area contributed by atoms with Crippen molar-refractivity contribution < 1.29 is 27.9 Å². The van der Waals surface area contributed by atoms with E-state index in [-0.39, 0.29) is 17.8 Å². The summed E-state index contributed by atoms with van der Waals surface area (Å²) in [6.07, 6.45) is -1.15. The molecule has 7 nitrogen and oxygen atoms in total. The van der Waals surface area contributed by atoms with Crippen LogP contribution in [0.25, 0.3) is 5.70 Å². The molecule has 0 aliphatic heterocycles. The fourth-order valence-electron chi connectivity index (χ4n) is 2.97. The molecule has 0 amide bonds. The van der Waals surface area contributed by atoms with E-state index in [1.807, 2.05) is 0 Å². The minimum Gasteiger partial charge on any atom is -0.477 e. The van der Waals surface area contributed by atoms with Crippen LogP contribution in [-0.2, 0) is 25.0 Å². The van der Waals surface area contributed by atoms with Crippen molar-refractivity contribution in [2.24, 2.45) is 0 Å². The number of carboxylic acid groups (broad SMARTS) is 1. The second-order valence-corrected chi connectivity index (χ2v) is 9.28. The van der Waals surface area contributed by atoms with E-state index in [2.05, 4.69) is 0 Å². The van der Waals surface area contributed by atoms with Gasteiger partial charge in [-0.3, -0.25) is 13.7 Å². The topological polar surface area (TPSA) is 99.9 Å². The van der Waals surface area contributed by atoms with Gasteiger partial charge in [0.15, 0.2) is 5.57 Å². The molecule has 0 radical (unpaired) electrons. The van der Waals surface area contributed by atoms with Gasteiger partial charge >= 0.3 is 13.7 Å². The fourth-order valence-corrected chi connectivity index (χ4v) is 5.11. The third-order valence-electron chi connectivity index (χ3n) is 4.11. The van der Waals surface area contributed by atoms with E-state index in [1.54, 1.807) is 64.1 Å². The first-order valence-corrected chi connectivity index (χ1v) is 11.5. The molecule has 0 saturated carbocycles. The van der Waals surface area contributed by atoms with Crippen LogP contribution < -0.4 is 0 Å². The number of carboxylic acids is 1. The highest BCUT2D eigenvalue weighted by atomic mass is 31.2. The Morgan fingerprint density at radius 3 is 2.06 bits per heavy atom. The molecule has 9 heteroatoms. The fraction of sp³-hybridized carbons (Fsp3) is 0.304. The van der Waals surface area contributed by atoms with Gasteiger partial charge in [-0.15, -0.1) is 0 Å². The van der Waals surface area contributed by atoms with Crippen LogP contribution in [0.3, 0.4) is 0 Å². The largest absolute Gasteiger partial charge is 0.477 e. The second-order valence-electron chi connectivity index (χ2n) is 7.44. The predicted octanol–water partition coefficient (Wildman–Crippen LogP) is 5.61. The molecule has 0 aromatic heterocycles. The van der Waals surface area contributed by atoms with Crippen LogP contribution in [0.15, 0.2) is 60.2 Å². The number of benzene rings is 2. The highest BCUT2D eigenvalue weighted by molar-refractivity contribution is 7.51. The second kappa shape index (κ2) is 11.1. The van der Waals surface area contributed by atoms with Crippen molar-refractivity contribution in [2.75, 3.05) is 0 Å². The van der Waals surface area contributed by atoms with Crippen molar-refractivity contribution in [3.63, 3.8) is 0 Å². The highest BCUT2D eigenvalue weighted by Gasteiger charge is 2.41. The zero-order chi connectivity index (χ0) is 23.9. The summed E-state index contributed by atoms with van der Waals surface area (Å²) in [5.41, 5.74) is -0.746. The quantitative estimate of drug-likeness (QED) is 0.280. The van der Waals surface area contributed by atoms with Crippen LogP contribution in [0.2, 0.25) is 0 Å². The van der Waals surface area contributed by atoms with Gasteiger partial charge in [0.05, 0.1) is 24.4 Å². The number of aliphatic carboxylic acids is 1. The number of hydrogen-bond donors (Lipinski definition) is 1. The summed E-state index contributed by atoms with van der Waals surface area (Å²) in [6.45, 7) is 6.43. The van der Waals surface area contributed by atoms with Crippen molar-refractivity contribution >= 4 is 19.4 Å². The van der Waals surface area contributed by atoms with Gasteiger partial charge in [0.2, 0.25) is 0 Å². The predicted molar refractivity (Wildman–Crippen MR) is 119 cm³/mol. The first kappa shape index (κ1) is 25.3. The molecular formula is C23H26FN2O5P. The van der Waals surface area contributed by atoms with Crippen molar-refractivity contribution in [1.82, 2.24) is 4.67 Å². The van der Waals surface area contributed by atoms with Gasteiger partial charge in [0.25, 0.3) is 0 Å². The molecule has 0 spiro atoms. The Labute approximate surface area is 187 Å². The first-order chi connectivity index (χ1) is 15.1. The summed E-state index contributed by atoms with van der Waals surface area (Å²) in [5.74, 6) is -2.38. The zero-order valence-electron chi connectivity index (χ0n) is 18.4. The van der Waals surface area contributed by atoms with Gasteiger partial charge in [-0.1, -0.05) is 42.5 Å². The summed E-state index contributed by atoms with van der Waals surface area (Å²) < 4.78 is 41.5. The Kier molecular flexibility index (Phi) is 8.73. The summed E-state index contributed by atoms with van der Waals surface area (Å²) in [7, 11) is -4.26. The third kappa shape index (κ3) is 6.27. The maximum Gasteiger partial charge on any atom is 0.436 e. The minimum atomic E-state index is -4.26. The van der Waals surface area contributed by atoms with E-state index in [1.165, 1.54) is 18.2 Å². The van der Waals surface area contributed by atoms with Crippen molar-refractivity contribution in [1.29, 1.82) is 5.26 Å². The number of nitrogens with zero attached hydrogens (tertiary/aromatic N) is 2. The summed E-state index contributed by atoms with van der Waals surface area (Å²) >= 11 is 0. The summed E-state index contributed by atoms with van der Waals surface area (Å²) in [5, 5.41) is 19.4. The van der Waals surface area contributed by atoms with Crippen LogP contribution in [0.1, 0.15) is 38.8 Å². The molecule has 0 saturated heterocycles. The molecule has 0 heterocycles. The highest BCUT2D eigenvalue weighted by Crippen LogP contribution is 2.58. The van der Waals surface area contributed by atoms with Gasteiger partial charge in [-0.2, -0.15) is 5.26 Å². The molecular weight excluding hydrogens is 434 g/mol. The molecule has 2 aromatic rings. The monoisotopic (exact) mass is 460 g/mol. The molecule has 0 atom stereocenters. The van der Waals surface area contributed by atoms with Crippen LogP contribution in [0.5, 0.6) is 0 Å². The summed E-state index contributed by atoms with van der Waals surface area (Å²) in [4.78, 5) is 12.0. The normalized spacial score (nSPS) is 12.4. The van der Waals surface area contributed by atoms with Crippen LogP contribution in [0, 0.1) is 17.1 Å². The molecule has 0 aliphatic carbocycles. The first-order valence-electron chi connectivity index (χ1n) is 10.0. The summed E-state index contributed by atoms with van der Waals surface area (Å²) in [6, 6.07) is 15.7. The number of hydrogen-bond acceptors (Lipinski definition) is 5. The van der Waals surface area contributed by atoms with Gasteiger partial charge in [-0.05, 0) is 45.4 Å². The molecule has 1 N–H and O–H groups in total. The molecule has 0 fully saturated rings. The average molecular weight is 460 g/mol. The van der Waals surface area contributed by atoms with Crippen LogP contribution >= 0.6 is 7.75 Å². The molecule has 2 aromatic carbocycles. The van der Waals surface area contributed by atoms with E-state index in [9.17, 15) is 24.1 Å². The maximum atomic E-state index is 14.9. The van der Waals surface area contributed by atoms with Crippen LogP contribution in [-0.4, -0.2) is 28.0 Å². The van der Waals surface area contributed by atoms with Gasteiger partial charge in [-0.25, -0.2) is 13.8 Å². The SMILES string of the molecule is CC(C)OP(=O)(OC(C)C)N(Cc1ccccc1)C(=C(C#N)C(=O)O)c1ccccc1F. The molecule has 0 unspecified atom stereocenters. The smallest absolute Gasteiger partial charge is 0.436 e. The van der Waals surface area contributed by atoms with E-state index < -0.39 is 37.3 Å². The van der Waals surface area contributed by atoms with Crippen LogP contribution in [0.4, 0.5) is 4.39 Å². The van der Waals surface area contributed by atoms with Gasteiger partial charge in [0, 0.05) is 5.56 Å². The lowest BCUT2D eigenvalue weighted by Gasteiger charge is -2.36. The third-order valence-corrected chi connectivity index (χ3v) is 6.42. The Balaban J connectivity index is 2.89. The number of carbonyl (C=O) groups is 1. The van der Waals surface area contributed by atoms with E-state index in [0.29, 0.717) is 5.56 Å². The van der Waals surface area contributed by atoms with Crippen molar-refractivity contribution in [2.45, 2.75) is 46.4 Å². The lowest BCUT2D eigenvalue weighted by molar-refractivity contribution is -0.132. The molecule has 0 aliphatic rings. The van der Waals surface area contributed by atoms with Gasteiger partial charge < -0.3 is 5.11 Å².